The van der Waals surface area contributed by atoms with E-state index in [9.17, 15) is 4.79 Å². The fourth-order valence-corrected chi connectivity index (χ4v) is 4.01. The Balaban J connectivity index is 1.60. The average molecular weight is 439 g/mol. The van der Waals surface area contributed by atoms with Crippen molar-refractivity contribution in [3.8, 4) is 11.5 Å². The number of ether oxygens (including phenoxy) is 2. The van der Waals surface area contributed by atoms with E-state index in [1.54, 1.807) is 36.3 Å². The summed E-state index contributed by atoms with van der Waals surface area (Å²) in [6, 6.07) is 22.4. The van der Waals surface area contributed by atoms with E-state index in [4.69, 9.17) is 21.1 Å². The summed E-state index contributed by atoms with van der Waals surface area (Å²) >= 11 is 7.37. The fraction of sp³-hybridized carbons (Fsp3) is 0.130. The normalized spacial score (nSPS) is 10.7. The minimum Gasteiger partial charge on any atom is -0.497 e. The van der Waals surface area contributed by atoms with Crippen molar-refractivity contribution < 1.29 is 14.3 Å². The quantitative estimate of drug-likeness (QED) is 0.378. The van der Waals surface area contributed by atoms with Crippen molar-refractivity contribution in [3.63, 3.8) is 0 Å². The smallest absolute Gasteiger partial charge is 0.267 e. The first-order valence-electron chi connectivity index (χ1n) is 9.29. The molecular formula is C23H19ClN2O3S. The molecule has 0 fully saturated rings. The number of halogens is 1. The highest BCUT2D eigenvalue weighted by molar-refractivity contribution is 7.22. The first-order valence-corrected chi connectivity index (χ1v) is 10.5. The highest BCUT2D eigenvalue weighted by Crippen LogP contribution is 2.32. The predicted molar refractivity (Wildman–Crippen MR) is 121 cm³/mol. The van der Waals surface area contributed by atoms with Crippen molar-refractivity contribution in [2.24, 2.45) is 0 Å². The Hall–Kier alpha value is -3.09. The molecule has 0 saturated heterocycles. The van der Waals surface area contributed by atoms with Crippen LogP contribution in [0.25, 0.3) is 10.2 Å². The Morgan fingerprint density at radius 2 is 1.77 bits per heavy atom. The third kappa shape index (κ3) is 4.72. The van der Waals surface area contributed by atoms with Gasteiger partial charge in [-0.25, -0.2) is 4.98 Å². The number of hydrogen-bond acceptors (Lipinski definition) is 5. The maximum Gasteiger partial charge on any atom is 0.267 e. The largest absolute Gasteiger partial charge is 0.497 e. The van der Waals surface area contributed by atoms with Crippen molar-refractivity contribution in [2.45, 2.75) is 6.54 Å². The molecule has 0 bridgehead atoms. The van der Waals surface area contributed by atoms with Gasteiger partial charge in [0.15, 0.2) is 11.7 Å². The molecule has 0 N–H and O–H groups in total. The van der Waals surface area contributed by atoms with Crippen LogP contribution in [0, 0.1) is 0 Å². The number of carbonyl (C=O) groups excluding carboxylic acids is 1. The van der Waals surface area contributed by atoms with Crippen LogP contribution in [0.5, 0.6) is 11.5 Å². The molecule has 0 unspecified atom stereocenters. The fourth-order valence-electron chi connectivity index (χ4n) is 2.92. The lowest BCUT2D eigenvalue weighted by Gasteiger charge is -2.20. The Morgan fingerprint density at radius 3 is 2.50 bits per heavy atom. The number of methoxy groups -OCH3 is 1. The van der Waals surface area contributed by atoms with E-state index in [1.165, 1.54) is 11.3 Å². The maximum absolute atomic E-state index is 13.1. The minimum absolute atomic E-state index is 0.103. The summed E-state index contributed by atoms with van der Waals surface area (Å²) in [6.45, 7) is 0.300. The second-order valence-electron chi connectivity index (χ2n) is 6.54. The van der Waals surface area contributed by atoms with E-state index in [2.05, 4.69) is 4.98 Å². The minimum atomic E-state index is -0.181. The van der Waals surface area contributed by atoms with Crippen LogP contribution in [0.3, 0.4) is 0 Å². The van der Waals surface area contributed by atoms with Crippen molar-refractivity contribution in [1.82, 2.24) is 4.98 Å². The molecule has 0 aliphatic rings. The molecule has 0 spiro atoms. The van der Waals surface area contributed by atoms with E-state index in [-0.39, 0.29) is 12.5 Å². The Kier molecular flexibility index (Phi) is 6.16. The van der Waals surface area contributed by atoms with E-state index < -0.39 is 0 Å². The zero-order valence-corrected chi connectivity index (χ0v) is 17.8. The monoisotopic (exact) mass is 438 g/mol. The molecule has 1 aromatic heterocycles. The third-order valence-electron chi connectivity index (χ3n) is 4.47. The number of carbonyl (C=O) groups is 1. The molecule has 4 aromatic rings. The zero-order chi connectivity index (χ0) is 20.9. The van der Waals surface area contributed by atoms with Gasteiger partial charge < -0.3 is 9.47 Å². The van der Waals surface area contributed by atoms with Gasteiger partial charge in [-0.3, -0.25) is 9.69 Å². The van der Waals surface area contributed by atoms with Gasteiger partial charge in [0.05, 0.1) is 23.9 Å². The van der Waals surface area contributed by atoms with Gasteiger partial charge in [0.1, 0.15) is 11.5 Å². The highest BCUT2D eigenvalue weighted by Gasteiger charge is 2.21. The summed E-state index contributed by atoms with van der Waals surface area (Å²) in [5.41, 5.74) is 1.80. The number of anilines is 1. The van der Waals surface area contributed by atoms with Crippen LogP contribution < -0.4 is 14.4 Å². The lowest BCUT2D eigenvalue weighted by atomic mass is 10.2. The van der Waals surface area contributed by atoms with Crippen molar-refractivity contribution in [1.29, 1.82) is 0 Å². The molecule has 7 heteroatoms. The van der Waals surface area contributed by atoms with E-state index in [0.717, 1.165) is 21.5 Å². The number of thiazole rings is 1. The van der Waals surface area contributed by atoms with Crippen LogP contribution in [0.4, 0.5) is 5.13 Å². The second-order valence-corrected chi connectivity index (χ2v) is 7.98. The summed E-state index contributed by atoms with van der Waals surface area (Å²) in [6.07, 6.45) is 0. The van der Waals surface area contributed by atoms with Gasteiger partial charge in [0.2, 0.25) is 0 Å². The molecule has 1 heterocycles. The van der Waals surface area contributed by atoms with E-state index in [1.807, 2.05) is 48.5 Å². The number of rotatable bonds is 7. The Bertz CT molecular complexity index is 1150. The summed E-state index contributed by atoms with van der Waals surface area (Å²) < 4.78 is 11.9. The maximum atomic E-state index is 13.1. The van der Waals surface area contributed by atoms with Gasteiger partial charge in [-0.2, -0.15) is 0 Å². The first-order chi connectivity index (χ1) is 14.6. The topological polar surface area (TPSA) is 51.7 Å². The molecule has 0 atom stereocenters. The number of aromatic nitrogens is 1. The Labute approximate surface area is 183 Å². The van der Waals surface area contributed by atoms with Gasteiger partial charge >= 0.3 is 0 Å². The molecule has 1 amide bonds. The molecule has 0 aliphatic heterocycles. The molecule has 30 heavy (non-hydrogen) atoms. The molecule has 4 rings (SSSR count). The van der Waals surface area contributed by atoms with E-state index in [0.29, 0.717) is 22.4 Å². The first kappa shape index (κ1) is 20.2. The summed E-state index contributed by atoms with van der Waals surface area (Å²) in [5, 5.41) is 1.23. The number of nitrogens with zero attached hydrogens (tertiary/aromatic N) is 2. The summed E-state index contributed by atoms with van der Waals surface area (Å²) in [5.74, 6) is 1.13. The van der Waals surface area contributed by atoms with Crippen LogP contribution >= 0.6 is 22.9 Å². The molecule has 0 radical (unpaired) electrons. The van der Waals surface area contributed by atoms with Gasteiger partial charge in [-0.1, -0.05) is 53.3 Å². The third-order valence-corrected chi connectivity index (χ3v) is 5.79. The number of hydrogen-bond donors (Lipinski definition) is 0. The molecule has 3 aromatic carbocycles. The lowest BCUT2D eigenvalue weighted by Crippen LogP contribution is -2.34. The second kappa shape index (κ2) is 9.15. The number of fused-ring (bicyclic) bond motifs is 1. The van der Waals surface area contributed by atoms with Gasteiger partial charge in [-0.05, 0) is 42.0 Å². The molecule has 5 nitrogen and oxygen atoms in total. The van der Waals surface area contributed by atoms with Gasteiger partial charge in [0.25, 0.3) is 5.91 Å². The van der Waals surface area contributed by atoms with Gasteiger partial charge in [-0.15, -0.1) is 0 Å². The number of amides is 1. The molecular weight excluding hydrogens is 420 g/mol. The van der Waals surface area contributed by atoms with Crippen molar-refractivity contribution in [3.05, 3.63) is 83.4 Å². The SMILES string of the molecule is COc1ccc2sc(N(Cc3ccccc3)C(=O)COc3ccc(Cl)cc3)nc2c1. The number of benzene rings is 3. The standard InChI is InChI=1S/C23H19ClN2O3S/c1-28-19-11-12-21-20(13-19)25-23(30-21)26(14-16-5-3-2-4-6-16)22(27)15-29-18-9-7-17(24)8-10-18/h2-13H,14-15H2,1H3. The molecule has 152 valence electrons. The van der Waals surface area contributed by atoms with Crippen LogP contribution in [-0.4, -0.2) is 24.6 Å². The van der Waals surface area contributed by atoms with Crippen molar-refractivity contribution >= 4 is 44.2 Å². The van der Waals surface area contributed by atoms with Gasteiger partial charge in [0, 0.05) is 11.1 Å². The predicted octanol–water partition coefficient (Wildman–Crippen LogP) is 5.57. The van der Waals surface area contributed by atoms with E-state index >= 15 is 0 Å². The Morgan fingerprint density at radius 1 is 1.03 bits per heavy atom. The molecule has 0 saturated carbocycles. The highest BCUT2D eigenvalue weighted by atomic mass is 35.5. The van der Waals surface area contributed by atoms with Crippen LogP contribution in [0.1, 0.15) is 5.56 Å². The summed E-state index contributed by atoms with van der Waals surface area (Å²) in [4.78, 5) is 19.4. The summed E-state index contributed by atoms with van der Waals surface area (Å²) in [7, 11) is 1.62. The van der Waals surface area contributed by atoms with Crippen LogP contribution in [0.15, 0.2) is 72.8 Å². The lowest BCUT2D eigenvalue weighted by molar-refractivity contribution is -0.120. The van der Waals surface area contributed by atoms with Crippen molar-refractivity contribution in [2.75, 3.05) is 18.6 Å². The average Bonchev–Trinajstić information content (AvgIpc) is 3.20. The zero-order valence-electron chi connectivity index (χ0n) is 16.2. The van der Waals surface area contributed by atoms with Crippen LogP contribution in [0.2, 0.25) is 5.02 Å². The van der Waals surface area contributed by atoms with Crippen LogP contribution in [-0.2, 0) is 11.3 Å². The molecule has 0 aliphatic carbocycles.